The Balaban J connectivity index is 1.57. The normalized spacial score (nSPS) is 14.1. The fraction of sp³-hybridized carbons (Fsp3) is 0.278. The predicted octanol–water partition coefficient (Wildman–Crippen LogP) is 3.89. The molecule has 2 N–H and O–H groups in total. The van der Waals surface area contributed by atoms with Crippen LogP contribution >= 0.6 is 11.6 Å². The van der Waals surface area contributed by atoms with Crippen molar-refractivity contribution in [1.82, 2.24) is 5.32 Å². The van der Waals surface area contributed by atoms with Crippen molar-refractivity contribution in [2.75, 3.05) is 18.4 Å². The van der Waals surface area contributed by atoms with Crippen LogP contribution in [0.2, 0.25) is 5.02 Å². The summed E-state index contributed by atoms with van der Waals surface area (Å²) in [7, 11) is 0. The van der Waals surface area contributed by atoms with Gasteiger partial charge in [0.05, 0.1) is 0 Å². The topological polar surface area (TPSA) is 36.4 Å². The van der Waals surface area contributed by atoms with Crippen molar-refractivity contribution >= 4 is 23.2 Å². The van der Waals surface area contributed by atoms with Gasteiger partial charge in [-0.15, -0.1) is 0 Å². The lowest BCUT2D eigenvalue weighted by Gasteiger charge is -2.16. The lowest BCUT2D eigenvalue weighted by atomic mass is 10.0. The van der Waals surface area contributed by atoms with Gasteiger partial charge in [-0.25, -0.2) is 0 Å². The van der Waals surface area contributed by atoms with E-state index in [4.69, 9.17) is 11.6 Å². The molecule has 0 radical (unpaired) electrons. The van der Waals surface area contributed by atoms with Crippen molar-refractivity contribution in [1.29, 1.82) is 0 Å². The van der Waals surface area contributed by atoms with Crippen molar-refractivity contribution in [3.63, 3.8) is 0 Å². The molecule has 3 rings (SSSR count). The molecule has 22 heavy (non-hydrogen) atoms. The van der Waals surface area contributed by atoms with E-state index in [0.717, 1.165) is 49.0 Å². The quantitative estimate of drug-likeness (QED) is 0.898. The molecule has 1 heterocycles. The molecule has 1 aliphatic heterocycles. The number of rotatable bonds is 4. The summed E-state index contributed by atoms with van der Waals surface area (Å²) in [4.78, 5) is 4.41. The van der Waals surface area contributed by atoms with Crippen molar-refractivity contribution in [2.24, 2.45) is 4.99 Å². The maximum absolute atomic E-state index is 6.19. The van der Waals surface area contributed by atoms with Crippen LogP contribution in [0.5, 0.6) is 0 Å². The van der Waals surface area contributed by atoms with Crippen molar-refractivity contribution in [2.45, 2.75) is 19.3 Å². The van der Waals surface area contributed by atoms with Crippen LogP contribution in [0.4, 0.5) is 5.69 Å². The SMILES string of the molecule is Clc1ccccc1CCc1ccc(NC2=NCCCN2)cc1. The summed E-state index contributed by atoms with van der Waals surface area (Å²) < 4.78 is 0. The summed E-state index contributed by atoms with van der Waals surface area (Å²) in [6.07, 6.45) is 3.05. The van der Waals surface area contributed by atoms with Crippen LogP contribution in [0.15, 0.2) is 53.5 Å². The number of guanidine groups is 1. The Kier molecular flexibility index (Phi) is 4.96. The molecule has 2 aromatic carbocycles. The fourth-order valence-electron chi connectivity index (χ4n) is 2.49. The van der Waals surface area contributed by atoms with E-state index in [1.165, 1.54) is 11.1 Å². The van der Waals surface area contributed by atoms with Crippen molar-refractivity contribution in [3.05, 3.63) is 64.7 Å². The van der Waals surface area contributed by atoms with Gasteiger partial charge in [-0.3, -0.25) is 4.99 Å². The van der Waals surface area contributed by atoms with Crippen LogP contribution in [-0.4, -0.2) is 19.0 Å². The molecule has 0 saturated heterocycles. The molecule has 4 heteroatoms. The highest BCUT2D eigenvalue weighted by atomic mass is 35.5. The first-order valence-corrected chi connectivity index (χ1v) is 8.07. The number of nitrogens with zero attached hydrogens (tertiary/aromatic N) is 1. The first kappa shape index (κ1) is 14.9. The molecule has 0 bridgehead atoms. The summed E-state index contributed by atoms with van der Waals surface area (Å²) in [6.45, 7) is 1.88. The highest BCUT2D eigenvalue weighted by Crippen LogP contribution is 2.18. The third-order valence-corrected chi connectivity index (χ3v) is 4.12. The van der Waals surface area contributed by atoms with E-state index in [0.29, 0.717) is 0 Å². The molecule has 3 nitrogen and oxygen atoms in total. The van der Waals surface area contributed by atoms with E-state index in [2.05, 4.69) is 46.0 Å². The summed E-state index contributed by atoms with van der Waals surface area (Å²) in [5, 5.41) is 7.42. The van der Waals surface area contributed by atoms with Gasteiger partial charge in [0.15, 0.2) is 5.96 Å². The molecule has 0 amide bonds. The molecule has 0 aliphatic carbocycles. The van der Waals surface area contributed by atoms with Crippen LogP contribution in [-0.2, 0) is 12.8 Å². The molecule has 0 aromatic heterocycles. The monoisotopic (exact) mass is 313 g/mol. The Morgan fingerprint density at radius 1 is 1.05 bits per heavy atom. The van der Waals surface area contributed by atoms with Crippen LogP contribution in [0.25, 0.3) is 0 Å². The van der Waals surface area contributed by atoms with Gasteiger partial charge in [-0.2, -0.15) is 0 Å². The lowest BCUT2D eigenvalue weighted by molar-refractivity contribution is 0.740. The second-order valence-electron chi connectivity index (χ2n) is 5.42. The number of nitrogens with one attached hydrogen (secondary N) is 2. The highest BCUT2D eigenvalue weighted by Gasteiger charge is 2.04. The molecule has 0 spiro atoms. The Hall–Kier alpha value is -2.00. The summed E-state index contributed by atoms with van der Waals surface area (Å²) in [6, 6.07) is 16.5. The first-order valence-electron chi connectivity index (χ1n) is 7.69. The minimum atomic E-state index is 0.849. The molecule has 0 atom stereocenters. The molecule has 114 valence electrons. The average molecular weight is 314 g/mol. The van der Waals surface area contributed by atoms with Gasteiger partial charge in [0.1, 0.15) is 0 Å². The smallest absolute Gasteiger partial charge is 0.195 e. The van der Waals surface area contributed by atoms with Crippen LogP contribution < -0.4 is 10.6 Å². The molecule has 0 fully saturated rings. The zero-order valence-electron chi connectivity index (χ0n) is 12.5. The predicted molar refractivity (Wildman–Crippen MR) is 93.8 cm³/mol. The number of hydrogen-bond donors (Lipinski definition) is 2. The average Bonchev–Trinajstić information content (AvgIpc) is 2.56. The van der Waals surface area contributed by atoms with Crippen molar-refractivity contribution in [3.8, 4) is 0 Å². The second-order valence-corrected chi connectivity index (χ2v) is 5.83. The zero-order chi connectivity index (χ0) is 15.2. The number of aliphatic imine (C=N–C) groups is 1. The van der Waals surface area contributed by atoms with Gasteiger partial charge in [-0.05, 0) is 48.6 Å². The Labute approximate surface area is 136 Å². The van der Waals surface area contributed by atoms with Gasteiger partial charge in [0.25, 0.3) is 0 Å². The van der Waals surface area contributed by atoms with Crippen LogP contribution in [0, 0.1) is 0 Å². The third kappa shape index (κ3) is 4.01. The van der Waals surface area contributed by atoms with Crippen molar-refractivity contribution < 1.29 is 0 Å². The van der Waals surface area contributed by atoms with Gasteiger partial charge in [-0.1, -0.05) is 41.9 Å². The molecular formula is C18H20ClN3. The van der Waals surface area contributed by atoms with E-state index in [-0.39, 0.29) is 0 Å². The molecule has 1 aliphatic rings. The number of hydrogen-bond acceptors (Lipinski definition) is 3. The highest BCUT2D eigenvalue weighted by molar-refractivity contribution is 6.31. The van der Waals surface area contributed by atoms with Gasteiger partial charge in [0.2, 0.25) is 0 Å². The molecular weight excluding hydrogens is 294 g/mol. The number of anilines is 1. The molecule has 0 unspecified atom stereocenters. The van der Waals surface area contributed by atoms with E-state index in [1.54, 1.807) is 0 Å². The lowest BCUT2D eigenvalue weighted by Crippen LogP contribution is -2.35. The zero-order valence-corrected chi connectivity index (χ0v) is 13.2. The Morgan fingerprint density at radius 2 is 1.86 bits per heavy atom. The second kappa shape index (κ2) is 7.32. The number of aryl methyl sites for hydroxylation is 2. The Morgan fingerprint density at radius 3 is 2.59 bits per heavy atom. The van der Waals surface area contributed by atoms with Gasteiger partial charge < -0.3 is 10.6 Å². The minimum Gasteiger partial charge on any atom is -0.356 e. The summed E-state index contributed by atoms with van der Waals surface area (Å²) in [5.74, 6) is 0.870. The van der Waals surface area contributed by atoms with Gasteiger partial charge >= 0.3 is 0 Å². The Bertz CT molecular complexity index is 650. The largest absolute Gasteiger partial charge is 0.356 e. The fourth-order valence-corrected chi connectivity index (χ4v) is 2.72. The maximum atomic E-state index is 6.19. The molecule has 0 saturated carbocycles. The number of benzene rings is 2. The third-order valence-electron chi connectivity index (χ3n) is 3.75. The van der Waals surface area contributed by atoms with Crippen LogP contribution in [0.1, 0.15) is 17.5 Å². The standard InChI is InChI=1S/C18H20ClN3/c19-17-5-2-1-4-15(17)9-6-14-7-10-16(11-8-14)22-18-20-12-3-13-21-18/h1-2,4-5,7-8,10-11H,3,6,9,12-13H2,(H2,20,21,22). The van der Waals surface area contributed by atoms with E-state index < -0.39 is 0 Å². The first-order chi connectivity index (χ1) is 10.8. The van der Waals surface area contributed by atoms with Gasteiger partial charge in [0, 0.05) is 23.8 Å². The number of halogens is 1. The van der Waals surface area contributed by atoms with E-state index in [1.807, 2.05) is 18.2 Å². The summed E-state index contributed by atoms with van der Waals surface area (Å²) >= 11 is 6.19. The summed E-state index contributed by atoms with van der Waals surface area (Å²) in [5.41, 5.74) is 3.57. The molecule has 2 aromatic rings. The minimum absolute atomic E-state index is 0.849. The van der Waals surface area contributed by atoms with Crippen LogP contribution in [0.3, 0.4) is 0 Å². The van der Waals surface area contributed by atoms with E-state index in [9.17, 15) is 0 Å². The van der Waals surface area contributed by atoms with E-state index >= 15 is 0 Å². The maximum Gasteiger partial charge on any atom is 0.195 e.